The zero-order chi connectivity index (χ0) is 20.3. The highest BCUT2D eigenvalue weighted by Gasteiger charge is 2.27. The Hall–Kier alpha value is -2.51. The molecule has 0 bridgehead atoms. The molecular weight excluding hydrogens is 400 g/mol. The minimum atomic E-state index is -0.294. The second kappa shape index (κ2) is 8.67. The Morgan fingerprint density at radius 1 is 1.11 bits per heavy atom. The minimum absolute atomic E-state index is 0.157. The second-order valence-corrected chi connectivity index (χ2v) is 7.63. The maximum Gasteiger partial charge on any atom is 0.260 e. The predicted molar refractivity (Wildman–Crippen MR) is 113 cm³/mol. The smallest absolute Gasteiger partial charge is 0.260 e. The number of anilines is 1. The van der Waals surface area contributed by atoms with Gasteiger partial charge < -0.3 is 24.8 Å². The van der Waals surface area contributed by atoms with Gasteiger partial charge in [-0.3, -0.25) is 4.79 Å². The van der Waals surface area contributed by atoms with E-state index in [0.29, 0.717) is 27.2 Å². The Balaban J connectivity index is 1.83. The van der Waals surface area contributed by atoms with E-state index in [1.54, 1.807) is 39.5 Å². The average molecular weight is 421 g/mol. The van der Waals surface area contributed by atoms with Crippen molar-refractivity contribution in [3.63, 3.8) is 0 Å². The molecule has 2 N–H and O–H groups in total. The van der Waals surface area contributed by atoms with Gasteiger partial charge >= 0.3 is 0 Å². The lowest BCUT2D eigenvalue weighted by Crippen LogP contribution is -2.31. The summed E-state index contributed by atoms with van der Waals surface area (Å²) < 4.78 is 16.1. The third-order valence-corrected chi connectivity index (χ3v) is 5.47. The van der Waals surface area contributed by atoms with Crippen LogP contribution in [0.4, 0.5) is 5.69 Å². The second-order valence-electron chi connectivity index (χ2n) is 6.04. The molecule has 0 spiro atoms. The summed E-state index contributed by atoms with van der Waals surface area (Å²) in [4.78, 5) is 13.0. The van der Waals surface area contributed by atoms with Crippen molar-refractivity contribution in [2.24, 2.45) is 0 Å². The molecule has 1 heterocycles. The van der Waals surface area contributed by atoms with E-state index in [1.807, 2.05) is 25.1 Å². The number of ether oxygens (including phenoxy) is 3. The number of aryl methyl sites for hydroxylation is 1. The number of thioether (sulfide) groups is 1. The lowest BCUT2D eigenvalue weighted by molar-refractivity contribution is -0.116. The van der Waals surface area contributed by atoms with Crippen LogP contribution in [0.5, 0.6) is 17.2 Å². The van der Waals surface area contributed by atoms with Crippen LogP contribution in [0.15, 0.2) is 35.2 Å². The lowest BCUT2D eigenvalue weighted by Gasteiger charge is -2.15. The topological polar surface area (TPSA) is 68.8 Å². The first-order valence-corrected chi connectivity index (χ1v) is 9.73. The molecule has 0 aromatic heterocycles. The van der Waals surface area contributed by atoms with Gasteiger partial charge in [0.1, 0.15) is 0 Å². The molecule has 3 rings (SSSR count). The van der Waals surface area contributed by atoms with Gasteiger partial charge in [-0.15, -0.1) is 0 Å². The van der Waals surface area contributed by atoms with Crippen molar-refractivity contribution in [2.45, 2.75) is 12.4 Å². The van der Waals surface area contributed by atoms with E-state index in [0.717, 1.165) is 16.8 Å². The minimum Gasteiger partial charge on any atom is -0.493 e. The molecule has 1 unspecified atom stereocenters. The van der Waals surface area contributed by atoms with E-state index < -0.39 is 0 Å². The van der Waals surface area contributed by atoms with Gasteiger partial charge in [-0.25, -0.2) is 0 Å². The Morgan fingerprint density at radius 2 is 1.79 bits per heavy atom. The van der Waals surface area contributed by atoms with Crippen LogP contribution in [0, 0.1) is 6.92 Å². The number of halogens is 1. The first kappa shape index (κ1) is 20.2. The highest BCUT2D eigenvalue weighted by atomic mass is 35.5. The quantitative estimate of drug-likeness (QED) is 0.680. The summed E-state index contributed by atoms with van der Waals surface area (Å²) in [6.07, 6.45) is 1.79. The third-order valence-electron chi connectivity index (χ3n) is 4.20. The SMILES string of the molecule is COc1cc(/C=C2\SC(Nc3cc(Cl)ccc3C)NC2=O)cc(OC)c1OC. The fourth-order valence-electron chi connectivity index (χ4n) is 2.79. The normalized spacial score (nSPS) is 17.4. The molecule has 8 heteroatoms. The summed E-state index contributed by atoms with van der Waals surface area (Å²) >= 11 is 7.46. The fraction of sp³-hybridized carbons (Fsp3) is 0.250. The van der Waals surface area contributed by atoms with Crippen LogP contribution in [0.2, 0.25) is 5.02 Å². The largest absolute Gasteiger partial charge is 0.493 e. The third kappa shape index (κ3) is 4.31. The van der Waals surface area contributed by atoms with E-state index >= 15 is 0 Å². The molecule has 28 heavy (non-hydrogen) atoms. The van der Waals surface area contributed by atoms with Crippen LogP contribution in [-0.2, 0) is 4.79 Å². The molecular formula is C20H21ClN2O4S. The van der Waals surface area contributed by atoms with E-state index in [9.17, 15) is 4.79 Å². The fourth-order valence-corrected chi connectivity index (χ4v) is 3.94. The van der Waals surface area contributed by atoms with Crippen molar-refractivity contribution in [2.75, 3.05) is 26.6 Å². The van der Waals surface area contributed by atoms with E-state index in [-0.39, 0.29) is 11.4 Å². The molecule has 148 valence electrons. The van der Waals surface area contributed by atoms with Crippen molar-refractivity contribution >= 4 is 41.0 Å². The number of carbonyl (C=O) groups excluding carboxylic acids is 1. The molecule has 0 aliphatic carbocycles. The summed E-state index contributed by atoms with van der Waals surface area (Å²) in [7, 11) is 4.66. The Kier molecular flexibility index (Phi) is 6.26. The molecule has 6 nitrogen and oxygen atoms in total. The average Bonchev–Trinajstić information content (AvgIpc) is 3.02. The van der Waals surface area contributed by atoms with Crippen LogP contribution in [0.25, 0.3) is 6.08 Å². The predicted octanol–water partition coefficient (Wildman–Crippen LogP) is 4.27. The number of rotatable bonds is 6. The summed E-state index contributed by atoms with van der Waals surface area (Å²) in [6.45, 7) is 1.98. The summed E-state index contributed by atoms with van der Waals surface area (Å²) in [5.74, 6) is 1.41. The Bertz CT molecular complexity index is 907. The summed E-state index contributed by atoms with van der Waals surface area (Å²) in [6, 6.07) is 9.19. The molecule has 0 saturated carbocycles. The number of hydrogen-bond acceptors (Lipinski definition) is 6. The molecule has 1 amide bonds. The molecule has 0 radical (unpaired) electrons. The summed E-state index contributed by atoms with van der Waals surface area (Å²) in [5, 5.41) is 6.84. The van der Waals surface area contributed by atoms with Gasteiger partial charge in [0.15, 0.2) is 17.0 Å². The first-order valence-electron chi connectivity index (χ1n) is 8.47. The van der Waals surface area contributed by atoms with Crippen LogP contribution in [-0.4, -0.2) is 32.7 Å². The highest BCUT2D eigenvalue weighted by molar-refractivity contribution is 8.05. The first-order chi connectivity index (χ1) is 13.4. The molecule has 2 aromatic rings. The van der Waals surface area contributed by atoms with Crippen molar-refractivity contribution in [1.29, 1.82) is 0 Å². The number of amides is 1. The zero-order valence-corrected chi connectivity index (χ0v) is 17.5. The Labute approximate surface area is 173 Å². The highest BCUT2D eigenvalue weighted by Crippen LogP contribution is 2.40. The van der Waals surface area contributed by atoms with Gasteiger partial charge in [0, 0.05) is 10.7 Å². The van der Waals surface area contributed by atoms with Gasteiger partial charge in [0.25, 0.3) is 5.91 Å². The van der Waals surface area contributed by atoms with Crippen molar-refractivity contribution in [3.05, 3.63) is 51.4 Å². The number of benzene rings is 2. The number of nitrogens with one attached hydrogen (secondary N) is 2. The van der Waals surface area contributed by atoms with E-state index in [1.165, 1.54) is 11.8 Å². The van der Waals surface area contributed by atoms with Crippen LogP contribution < -0.4 is 24.8 Å². The standard InChI is InChI=1S/C20H21ClN2O4S/c1-11-5-6-13(21)10-14(11)22-20-23-19(24)17(28-20)9-12-7-15(25-2)18(27-4)16(8-12)26-3/h5-10,20,22H,1-4H3,(H,23,24)/b17-9-. The molecule has 2 aromatic carbocycles. The van der Waals surface area contributed by atoms with Crippen LogP contribution >= 0.6 is 23.4 Å². The van der Waals surface area contributed by atoms with Gasteiger partial charge in [-0.2, -0.15) is 0 Å². The number of hydrogen-bond donors (Lipinski definition) is 2. The number of methoxy groups -OCH3 is 3. The van der Waals surface area contributed by atoms with Crippen LogP contribution in [0.1, 0.15) is 11.1 Å². The monoisotopic (exact) mass is 420 g/mol. The van der Waals surface area contributed by atoms with Crippen molar-refractivity contribution in [3.8, 4) is 17.2 Å². The van der Waals surface area contributed by atoms with Gasteiger partial charge in [0.2, 0.25) is 5.75 Å². The van der Waals surface area contributed by atoms with E-state index in [4.69, 9.17) is 25.8 Å². The van der Waals surface area contributed by atoms with Crippen molar-refractivity contribution < 1.29 is 19.0 Å². The molecule has 1 aliphatic heterocycles. The molecule has 1 saturated heterocycles. The van der Waals surface area contributed by atoms with Gasteiger partial charge in [0.05, 0.1) is 26.2 Å². The molecule has 1 fully saturated rings. The van der Waals surface area contributed by atoms with Gasteiger partial charge in [-0.1, -0.05) is 29.4 Å². The molecule has 1 atom stereocenters. The number of carbonyl (C=O) groups is 1. The van der Waals surface area contributed by atoms with Crippen molar-refractivity contribution in [1.82, 2.24) is 5.32 Å². The van der Waals surface area contributed by atoms with Crippen LogP contribution in [0.3, 0.4) is 0 Å². The van der Waals surface area contributed by atoms with E-state index in [2.05, 4.69) is 10.6 Å². The summed E-state index contributed by atoms with van der Waals surface area (Å²) in [5.41, 5.74) is 2.39. The molecule has 1 aliphatic rings. The Morgan fingerprint density at radius 3 is 2.39 bits per heavy atom. The maximum atomic E-state index is 12.4. The lowest BCUT2D eigenvalue weighted by atomic mass is 10.1. The zero-order valence-electron chi connectivity index (χ0n) is 16.0. The van der Waals surface area contributed by atoms with Gasteiger partial charge in [-0.05, 0) is 48.4 Å². The maximum absolute atomic E-state index is 12.4.